The molecule has 21 heavy (non-hydrogen) atoms. The molecule has 0 aliphatic carbocycles. The lowest BCUT2D eigenvalue weighted by molar-refractivity contribution is -0.124. The molecule has 1 heterocycles. The zero-order valence-electron chi connectivity index (χ0n) is 12.4. The third-order valence-electron chi connectivity index (χ3n) is 3.81. The summed E-state index contributed by atoms with van der Waals surface area (Å²) in [4.78, 5) is 13.4. The van der Waals surface area contributed by atoms with Crippen LogP contribution in [0.15, 0.2) is 12.1 Å². The number of carbonyl (C=O) groups excluding carboxylic acids is 1. The van der Waals surface area contributed by atoms with Crippen molar-refractivity contribution in [1.82, 2.24) is 10.6 Å². The molecule has 0 saturated carbocycles. The van der Waals surface area contributed by atoms with Crippen LogP contribution >= 0.6 is 0 Å². The number of halogens is 2. The second-order valence-corrected chi connectivity index (χ2v) is 5.34. The molecule has 1 aromatic carbocycles. The number of hydrogen-bond acceptors (Lipinski definition) is 3. The lowest BCUT2D eigenvalue weighted by Gasteiger charge is -2.34. The summed E-state index contributed by atoms with van der Waals surface area (Å²) in [5.74, 6) is -1.44. The summed E-state index contributed by atoms with van der Waals surface area (Å²) in [6.07, 6.45) is 1.49. The average molecular weight is 297 g/mol. The summed E-state index contributed by atoms with van der Waals surface area (Å²) in [6.45, 7) is 1.32. The number of carbonyl (C=O) groups is 1. The van der Waals surface area contributed by atoms with Gasteiger partial charge in [0.15, 0.2) is 0 Å². The van der Waals surface area contributed by atoms with E-state index < -0.39 is 11.6 Å². The minimum atomic E-state index is -0.571. The van der Waals surface area contributed by atoms with Crippen molar-refractivity contribution in [1.29, 1.82) is 0 Å². The molecule has 116 valence electrons. The number of piperidine rings is 1. The van der Waals surface area contributed by atoms with Crippen molar-refractivity contribution >= 4 is 11.6 Å². The summed E-state index contributed by atoms with van der Waals surface area (Å²) in [7, 11) is 3.30. The quantitative estimate of drug-likeness (QED) is 0.888. The monoisotopic (exact) mass is 297 g/mol. The van der Waals surface area contributed by atoms with Gasteiger partial charge in [0.1, 0.15) is 17.3 Å². The average Bonchev–Trinajstić information content (AvgIpc) is 2.46. The summed E-state index contributed by atoms with van der Waals surface area (Å²) >= 11 is 0. The number of benzene rings is 1. The Balaban J connectivity index is 2.23. The highest BCUT2D eigenvalue weighted by atomic mass is 19.1. The van der Waals surface area contributed by atoms with Crippen LogP contribution in [0, 0.1) is 17.6 Å². The third kappa shape index (κ3) is 3.50. The van der Waals surface area contributed by atoms with Gasteiger partial charge < -0.3 is 15.5 Å². The SMILES string of the molecule is CNCc1cc(F)c(N2CCCC(C(=O)NC)C2)c(F)c1. The minimum absolute atomic E-state index is 0.0246. The van der Waals surface area contributed by atoms with Crippen LogP contribution in [0.4, 0.5) is 14.5 Å². The van der Waals surface area contributed by atoms with E-state index in [0.717, 1.165) is 12.8 Å². The van der Waals surface area contributed by atoms with Crippen LogP contribution in [-0.2, 0) is 11.3 Å². The van der Waals surface area contributed by atoms with E-state index in [9.17, 15) is 13.6 Å². The van der Waals surface area contributed by atoms with Gasteiger partial charge in [0.2, 0.25) is 5.91 Å². The minimum Gasteiger partial charge on any atom is -0.366 e. The number of amides is 1. The van der Waals surface area contributed by atoms with E-state index in [-0.39, 0.29) is 17.5 Å². The zero-order valence-corrected chi connectivity index (χ0v) is 12.4. The summed E-state index contributed by atoms with van der Waals surface area (Å²) in [5.41, 5.74) is 0.541. The maximum atomic E-state index is 14.2. The van der Waals surface area contributed by atoms with Crippen LogP contribution in [0.5, 0.6) is 0 Å². The molecule has 0 aromatic heterocycles. The van der Waals surface area contributed by atoms with Crippen molar-refractivity contribution in [2.75, 3.05) is 32.1 Å². The summed E-state index contributed by atoms with van der Waals surface area (Å²) in [6, 6.07) is 2.69. The maximum Gasteiger partial charge on any atom is 0.224 e. The molecule has 6 heteroatoms. The molecule has 1 unspecified atom stereocenters. The van der Waals surface area contributed by atoms with Crippen molar-refractivity contribution in [3.05, 3.63) is 29.3 Å². The fraction of sp³-hybridized carbons (Fsp3) is 0.533. The van der Waals surface area contributed by atoms with Gasteiger partial charge in [-0.2, -0.15) is 0 Å². The molecule has 1 aliphatic heterocycles. The van der Waals surface area contributed by atoms with Crippen LogP contribution in [0.25, 0.3) is 0 Å². The van der Waals surface area contributed by atoms with Crippen molar-refractivity contribution < 1.29 is 13.6 Å². The Kier molecular flexibility index (Phi) is 5.12. The molecular formula is C15H21F2N3O. The number of anilines is 1. The standard InChI is InChI=1S/C15H21F2N3O/c1-18-8-10-6-12(16)14(13(17)7-10)20-5-3-4-11(9-20)15(21)19-2/h6-7,11,18H,3-5,8-9H2,1-2H3,(H,19,21). The molecule has 0 radical (unpaired) electrons. The highest BCUT2D eigenvalue weighted by Gasteiger charge is 2.28. The molecule has 1 aliphatic rings. The predicted octanol–water partition coefficient (Wildman–Crippen LogP) is 1.65. The second kappa shape index (κ2) is 6.85. The molecule has 4 nitrogen and oxygen atoms in total. The fourth-order valence-corrected chi connectivity index (χ4v) is 2.82. The summed E-state index contributed by atoms with van der Waals surface area (Å²) in [5, 5.41) is 5.47. The Morgan fingerprint density at radius 2 is 2.00 bits per heavy atom. The van der Waals surface area contributed by atoms with Gasteiger partial charge in [-0.05, 0) is 37.6 Å². The molecule has 1 fully saturated rings. The van der Waals surface area contributed by atoms with Crippen LogP contribution in [0.3, 0.4) is 0 Å². The van der Waals surface area contributed by atoms with Gasteiger partial charge in [-0.25, -0.2) is 8.78 Å². The van der Waals surface area contributed by atoms with Gasteiger partial charge in [-0.1, -0.05) is 0 Å². The normalized spacial score (nSPS) is 18.7. The van der Waals surface area contributed by atoms with E-state index in [1.807, 2.05) is 0 Å². The zero-order chi connectivity index (χ0) is 15.4. The van der Waals surface area contributed by atoms with Crippen molar-refractivity contribution in [2.45, 2.75) is 19.4 Å². The molecule has 0 spiro atoms. The Morgan fingerprint density at radius 1 is 1.33 bits per heavy atom. The fourth-order valence-electron chi connectivity index (χ4n) is 2.82. The Bertz CT molecular complexity index is 499. The van der Waals surface area contributed by atoms with E-state index in [2.05, 4.69) is 10.6 Å². The number of hydrogen-bond donors (Lipinski definition) is 2. The molecule has 1 aromatic rings. The van der Waals surface area contributed by atoms with E-state index in [0.29, 0.717) is 25.2 Å². The number of nitrogens with zero attached hydrogens (tertiary/aromatic N) is 1. The molecule has 0 bridgehead atoms. The van der Waals surface area contributed by atoms with Gasteiger partial charge in [-0.15, -0.1) is 0 Å². The first-order valence-electron chi connectivity index (χ1n) is 7.16. The largest absolute Gasteiger partial charge is 0.366 e. The van der Waals surface area contributed by atoms with Crippen molar-refractivity contribution in [2.24, 2.45) is 5.92 Å². The first kappa shape index (κ1) is 15.7. The van der Waals surface area contributed by atoms with Crippen LogP contribution in [0.1, 0.15) is 18.4 Å². The van der Waals surface area contributed by atoms with E-state index in [1.54, 1.807) is 19.0 Å². The van der Waals surface area contributed by atoms with E-state index in [1.165, 1.54) is 12.1 Å². The Hall–Kier alpha value is -1.69. The first-order chi connectivity index (χ1) is 10.1. The highest BCUT2D eigenvalue weighted by molar-refractivity contribution is 5.79. The number of rotatable bonds is 4. The van der Waals surface area contributed by atoms with E-state index >= 15 is 0 Å². The van der Waals surface area contributed by atoms with Gasteiger partial charge in [0.25, 0.3) is 0 Å². The van der Waals surface area contributed by atoms with Crippen LogP contribution in [0.2, 0.25) is 0 Å². The lowest BCUT2D eigenvalue weighted by Crippen LogP contribution is -2.42. The molecule has 1 amide bonds. The first-order valence-corrected chi connectivity index (χ1v) is 7.16. The van der Waals surface area contributed by atoms with Crippen molar-refractivity contribution in [3.8, 4) is 0 Å². The van der Waals surface area contributed by atoms with Gasteiger partial charge >= 0.3 is 0 Å². The van der Waals surface area contributed by atoms with E-state index in [4.69, 9.17) is 0 Å². The van der Waals surface area contributed by atoms with Gasteiger partial charge in [-0.3, -0.25) is 4.79 Å². The maximum absolute atomic E-state index is 14.2. The molecular weight excluding hydrogens is 276 g/mol. The smallest absolute Gasteiger partial charge is 0.224 e. The summed E-state index contributed by atoms with van der Waals surface area (Å²) < 4.78 is 28.4. The second-order valence-electron chi connectivity index (χ2n) is 5.34. The third-order valence-corrected chi connectivity index (χ3v) is 3.81. The van der Waals surface area contributed by atoms with Crippen LogP contribution < -0.4 is 15.5 Å². The van der Waals surface area contributed by atoms with Crippen LogP contribution in [-0.4, -0.2) is 33.1 Å². The van der Waals surface area contributed by atoms with Gasteiger partial charge in [0.05, 0.1) is 5.92 Å². The number of nitrogens with one attached hydrogen (secondary N) is 2. The highest BCUT2D eigenvalue weighted by Crippen LogP contribution is 2.29. The van der Waals surface area contributed by atoms with Crippen molar-refractivity contribution in [3.63, 3.8) is 0 Å². The van der Waals surface area contributed by atoms with Gasteiger partial charge in [0, 0.05) is 26.7 Å². The molecule has 2 N–H and O–H groups in total. The predicted molar refractivity (Wildman–Crippen MR) is 78.1 cm³/mol. The molecule has 1 saturated heterocycles. The topological polar surface area (TPSA) is 44.4 Å². The molecule has 2 rings (SSSR count). The molecule has 1 atom stereocenters. The Labute approximate surface area is 123 Å². The Morgan fingerprint density at radius 3 is 2.57 bits per heavy atom. The lowest BCUT2D eigenvalue weighted by atomic mass is 9.96.